The van der Waals surface area contributed by atoms with E-state index < -0.39 is 17.4 Å². The van der Waals surface area contributed by atoms with Crippen molar-refractivity contribution in [3.63, 3.8) is 0 Å². The highest BCUT2D eigenvalue weighted by molar-refractivity contribution is 5.81. The number of nitrogens with one attached hydrogen (secondary N) is 2. The van der Waals surface area contributed by atoms with E-state index in [1.807, 2.05) is 6.92 Å². The summed E-state index contributed by atoms with van der Waals surface area (Å²) in [5, 5.41) is 23.9. The van der Waals surface area contributed by atoms with Gasteiger partial charge in [0, 0.05) is 24.9 Å². The Morgan fingerprint density at radius 1 is 1.22 bits per heavy atom. The average molecular weight is 260 g/mol. The molecule has 2 amide bonds. The molecule has 0 saturated heterocycles. The van der Waals surface area contributed by atoms with Crippen LogP contribution >= 0.6 is 0 Å². The van der Waals surface area contributed by atoms with Crippen LogP contribution in [0.3, 0.4) is 0 Å². The van der Waals surface area contributed by atoms with Crippen molar-refractivity contribution in [2.45, 2.75) is 39.7 Å². The first-order valence-corrected chi connectivity index (χ1v) is 6.18. The van der Waals surface area contributed by atoms with E-state index in [0.29, 0.717) is 13.0 Å². The second-order valence-corrected chi connectivity index (χ2v) is 4.94. The number of carbonyl (C=O) groups excluding carboxylic acids is 2. The summed E-state index contributed by atoms with van der Waals surface area (Å²) in [6.45, 7) is 5.41. The highest BCUT2D eigenvalue weighted by atomic mass is 16.3. The molecule has 1 atom stereocenters. The first kappa shape index (κ1) is 16.9. The Morgan fingerprint density at radius 3 is 2.28 bits per heavy atom. The van der Waals surface area contributed by atoms with E-state index in [2.05, 4.69) is 10.6 Å². The topological polar surface area (TPSA) is 98.7 Å². The molecule has 0 unspecified atom stereocenters. The predicted molar refractivity (Wildman–Crippen MR) is 67.8 cm³/mol. The lowest BCUT2D eigenvalue weighted by molar-refractivity contribution is -0.137. The van der Waals surface area contributed by atoms with Crippen molar-refractivity contribution in [2.75, 3.05) is 19.7 Å². The molecule has 0 radical (unpaired) electrons. The number of carbonyl (C=O) groups is 2. The maximum Gasteiger partial charge on any atom is 0.249 e. The van der Waals surface area contributed by atoms with E-state index in [4.69, 9.17) is 5.11 Å². The fraction of sp³-hybridized carbons (Fsp3) is 0.833. The van der Waals surface area contributed by atoms with Gasteiger partial charge in [-0.25, -0.2) is 0 Å². The molecule has 4 N–H and O–H groups in total. The normalized spacial score (nSPS) is 12.9. The van der Waals surface area contributed by atoms with E-state index in [1.165, 1.54) is 0 Å². The van der Waals surface area contributed by atoms with Gasteiger partial charge >= 0.3 is 0 Å². The molecule has 0 aliphatic carbocycles. The summed E-state index contributed by atoms with van der Waals surface area (Å²) in [6, 6.07) is 0. The van der Waals surface area contributed by atoms with Gasteiger partial charge in [0.05, 0.1) is 6.61 Å². The molecule has 0 aromatic rings. The minimum atomic E-state index is -1.27. The molecule has 0 fully saturated rings. The van der Waals surface area contributed by atoms with Crippen molar-refractivity contribution in [3.8, 4) is 0 Å². The standard InChI is InChI=1S/C12H24N2O4/c1-4-5-9(16)13-6-7-14-11(18)10(17)12(2,3)8-15/h10,15,17H,4-8H2,1-3H3,(H,13,16)(H,14,18)/t10-/m0/s1. The molecular weight excluding hydrogens is 236 g/mol. The number of hydrogen-bond acceptors (Lipinski definition) is 4. The Labute approximate surface area is 108 Å². The predicted octanol–water partition coefficient (Wildman–Crippen LogP) is -0.602. The lowest BCUT2D eigenvalue weighted by Crippen LogP contribution is -2.47. The van der Waals surface area contributed by atoms with Gasteiger partial charge in [-0.2, -0.15) is 0 Å². The highest BCUT2D eigenvalue weighted by Crippen LogP contribution is 2.19. The Morgan fingerprint density at radius 2 is 1.78 bits per heavy atom. The third-order valence-electron chi connectivity index (χ3n) is 2.62. The second-order valence-electron chi connectivity index (χ2n) is 4.94. The summed E-state index contributed by atoms with van der Waals surface area (Å²) >= 11 is 0. The molecule has 6 nitrogen and oxygen atoms in total. The lowest BCUT2D eigenvalue weighted by atomic mass is 9.87. The largest absolute Gasteiger partial charge is 0.396 e. The summed E-state index contributed by atoms with van der Waals surface area (Å²) in [4.78, 5) is 22.7. The molecule has 0 saturated carbocycles. The van der Waals surface area contributed by atoms with E-state index in [0.717, 1.165) is 6.42 Å². The Bertz CT molecular complexity index is 279. The Balaban J connectivity index is 3.87. The van der Waals surface area contributed by atoms with Crippen molar-refractivity contribution < 1.29 is 19.8 Å². The maximum atomic E-state index is 11.5. The monoisotopic (exact) mass is 260 g/mol. The van der Waals surface area contributed by atoms with Crippen LogP contribution in [0.1, 0.15) is 33.6 Å². The van der Waals surface area contributed by atoms with Crippen LogP contribution in [0.15, 0.2) is 0 Å². The fourth-order valence-electron chi connectivity index (χ4n) is 1.24. The van der Waals surface area contributed by atoms with Gasteiger partial charge in [0.25, 0.3) is 0 Å². The SMILES string of the molecule is CCCC(=O)NCCNC(=O)[C@H](O)C(C)(C)CO. The molecule has 0 spiro atoms. The van der Waals surface area contributed by atoms with Crippen LogP contribution in [0.2, 0.25) is 0 Å². The average Bonchev–Trinajstić information content (AvgIpc) is 2.33. The van der Waals surface area contributed by atoms with Crippen LogP contribution in [-0.4, -0.2) is 47.8 Å². The molecule has 0 aromatic carbocycles. The van der Waals surface area contributed by atoms with Gasteiger partial charge < -0.3 is 20.8 Å². The van der Waals surface area contributed by atoms with E-state index in [-0.39, 0.29) is 19.1 Å². The lowest BCUT2D eigenvalue weighted by Gasteiger charge is -2.27. The minimum Gasteiger partial charge on any atom is -0.396 e. The third kappa shape index (κ3) is 5.97. The number of amides is 2. The first-order chi connectivity index (χ1) is 8.35. The van der Waals surface area contributed by atoms with Gasteiger partial charge in [0.1, 0.15) is 6.10 Å². The number of rotatable bonds is 8. The van der Waals surface area contributed by atoms with Crippen LogP contribution in [0, 0.1) is 5.41 Å². The van der Waals surface area contributed by atoms with Gasteiger partial charge in [-0.3, -0.25) is 9.59 Å². The number of aliphatic hydroxyl groups is 2. The Hall–Kier alpha value is -1.14. The molecule has 0 heterocycles. The van der Waals surface area contributed by atoms with E-state index in [9.17, 15) is 14.7 Å². The quantitative estimate of drug-likeness (QED) is 0.438. The van der Waals surface area contributed by atoms with Crippen molar-refractivity contribution in [1.29, 1.82) is 0 Å². The minimum absolute atomic E-state index is 0.0528. The van der Waals surface area contributed by atoms with Crippen molar-refractivity contribution in [1.82, 2.24) is 10.6 Å². The van der Waals surface area contributed by atoms with Crippen LogP contribution in [-0.2, 0) is 9.59 Å². The summed E-state index contributed by atoms with van der Waals surface area (Å²) in [5.41, 5.74) is -0.879. The van der Waals surface area contributed by atoms with Gasteiger partial charge in [-0.05, 0) is 6.42 Å². The summed E-state index contributed by atoms with van der Waals surface area (Å²) in [6.07, 6.45) is -0.0238. The number of aliphatic hydroxyl groups excluding tert-OH is 2. The van der Waals surface area contributed by atoms with Crippen LogP contribution in [0.4, 0.5) is 0 Å². The van der Waals surface area contributed by atoms with Gasteiger partial charge in [-0.15, -0.1) is 0 Å². The molecule has 0 aromatic heterocycles. The summed E-state index contributed by atoms with van der Waals surface area (Å²) in [7, 11) is 0. The molecule has 0 aliphatic rings. The molecule has 6 heteroatoms. The smallest absolute Gasteiger partial charge is 0.249 e. The van der Waals surface area contributed by atoms with Crippen LogP contribution < -0.4 is 10.6 Å². The molecule has 0 rings (SSSR count). The van der Waals surface area contributed by atoms with Crippen molar-refractivity contribution in [2.24, 2.45) is 5.41 Å². The van der Waals surface area contributed by atoms with Crippen LogP contribution in [0.25, 0.3) is 0 Å². The zero-order valence-corrected chi connectivity index (χ0v) is 11.3. The Kier molecular flexibility index (Phi) is 7.54. The third-order valence-corrected chi connectivity index (χ3v) is 2.62. The zero-order valence-electron chi connectivity index (χ0n) is 11.3. The van der Waals surface area contributed by atoms with Gasteiger partial charge in [0.2, 0.25) is 11.8 Å². The zero-order chi connectivity index (χ0) is 14.2. The molecule has 106 valence electrons. The first-order valence-electron chi connectivity index (χ1n) is 6.18. The molecule has 0 bridgehead atoms. The summed E-state index contributed by atoms with van der Waals surface area (Å²) < 4.78 is 0. The molecule has 0 aliphatic heterocycles. The fourth-order valence-corrected chi connectivity index (χ4v) is 1.24. The summed E-state index contributed by atoms with van der Waals surface area (Å²) in [5.74, 6) is -0.596. The van der Waals surface area contributed by atoms with Gasteiger partial charge in [0.15, 0.2) is 0 Å². The number of hydrogen-bond donors (Lipinski definition) is 4. The second kappa shape index (κ2) is 8.05. The van der Waals surface area contributed by atoms with Crippen molar-refractivity contribution in [3.05, 3.63) is 0 Å². The molecular formula is C12H24N2O4. The highest BCUT2D eigenvalue weighted by Gasteiger charge is 2.32. The van der Waals surface area contributed by atoms with Crippen molar-refractivity contribution >= 4 is 11.8 Å². The van der Waals surface area contributed by atoms with E-state index >= 15 is 0 Å². The maximum absolute atomic E-state index is 11.5. The van der Waals surface area contributed by atoms with E-state index in [1.54, 1.807) is 13.8 Å². The molecule has 18 heavy (non-hydrogen) atoms. The van der Waals surface area contributed by atoms with Crippen LogP contribution in [0.5, 0.6) is 0 Å². The van der Waals surface area contributed by atoms with Gasteiger partial charge in [-0.1, -0.05) is 20.8 Å².